The van der Waals surface area contributed by atoms with Crippen molar-refractivity contribution in [2.24, 2.45) is 0 Å². The molecule has 1 aromatic carbocycles. The molecule has 1 N–H and O–H groups in total. The van der Waals surface area contributed by atoms with E-state index in [1.807, 2.05) is 24.3 Å². The molecular formula is C13H12ClN3. The van der Waals surface area contributed by atoms with E-state index in [-0.39, 0.29) is 0 Å². The van der Waals surface area contributed by atoms with Gasteiger partial charge in [0, 0.05) is 36.1 Å². The quantitative estimate of drug-likeness (QED) is 0.843. The highest BCUT2D eigenvalue weighted by molar-refractivity contribution is 6.35. The zero-order chi connectivity index (χ0) is 12.1. The summed E-state index contributed by atoms with van der Waals surface area (Å²) < 4.78 is 0. The maximum atomic E-state index is 8.45. The summed E-state index contributed by atoms with van der Waals surface area (Å²) in [7, 11) is 0. The van der Waals surface area contributed by atoms with E-state index in [4.69, 9.17) is 16.9 Å². The Hall–Kier alpha value is -1.63. The number of pyridine rings is 1. The van der Waals surface area contributed by atoms with Crippen molar-refractivity contribution < 1.29 is 0 Å². The molecule has 2 aromatic rings. The van der Waals surface area contributed by atoms with Gasteiger partial charge in [0.25, 0.3) is 0 Å². The predicted octanol–water partition coefficient (Wildman–Crippen LogP) is 2.89. The Balaban J connectivity index is 2.23. The number of fused-ring (bicyclic) bond motifs is 1. The van der Waals surface area contributed by atoms with Crippen LogP contribution in [0.15, 0.2) is 30.5 Å². The molecule has 0 atom stereocenters. The summed E-state index contributed by atoms with van der Waals surface area (Å²) in [5, 5.41) is 13.3. The Morgan fingerprint density at radius 3 is 3.06 bits per heavy atom. The summed E-state index contributed by atoms with van der Waals surface area (Å²) in [6.45, 7) is 1.39. The molecule has 2 rings (SSSR count). The van der Waals surface area contributed by atoms with Gasteiger partial charge in [0.2, 0.25) is 0 Å². The lowest BCUT2D eigenvalue weighted by molar-refractivity contribution is 0.701. The van der Waals surface area contributed by atoms with Crippen LogP contribution in [0.4, 0.5) is 0 Å². The number of hydrogen-bond donors (Lipinski definition) is 1. The van der Waals surface area contributed by atoms with Crippen molar-refractivity contribution in [3.05, 3.63) is 41.0 Å². The Kier molecular flexibility index (Phi) is 3.92. The van der Waals surface area contributed by atoms with Gasteiger partial charge in [0.15, 0.2) is 0 Å². The van der Waals surface area contributed by atoms with Gasteiger partial charge in [-0.25, -0.2) is 0 Å². The molecule has 86 valence electrons. The average Bonchev–Trinajstić information content (AvgIpc) is 2.37. The number of aromatic nitrogens is 1. The van der Waals surface area contributed by atoms with Gasteiger partial charge in [0.1, 0.15) is 0 Å². The third-order valence-corrected chi connectivity index (χ3v) is 2.86. The van der Waals surface area contributed by atoms with Crippen molar-refractivity contribution >= 4 is 22.5 Å². The highest BCUT2D eigenvalue weighted by atomic mass is 35.5. The van der Waals surface area contributed by atoms with Crippen LogP contribution in [0, 0.1) is 11.3 Å². The van der Waals surface area contributed by atoms with Crippen LogP contribution in [0.5, 0.6) is 0 Å². The first kappa shape index (κ1) is 11.8. The predicted molar refractivity (Wildman–Crippen MR) is 68.7 cm³/mol. The second-order valence-corrected chi connectivity index (χ2v) is 4.10. The summed E-state index contributed by atoms with van der Waals surface area (Å²) in [6, 6.07) is 9.79. The maximum Gasteiger partial charge on any atom is 0.0761 e. The van der Waals surface area contributed by atoms with Crippen LogP contribution in [0.1, 0.15) is 12.0 Å². The Morgan fingerprint density at radius 1 is 1.35 bits per heavy atom. The molecule has 0 unspecified atom stereocenters. The fourth-order valence-corrected chi connectivity index (χ4v) is 1.92. The Morgan fingerprint density at radius 2 is 2.24 bits per heavy atom. The van der Waals surface area contributed by atoms with Crippen molar-refractivity contribution in [3.63, 3.8) is 0 Å². The minimum Gasteiger partial charge on any atom is -0.312 e. The van der Waals surface area contributed by atoms with Crippen LogP contribution in [0.2, 0.25) is 5.02 Å². The average molecular weight is 246 g/mol. The minimum atomic E-state index is 0.513. The minimum absolute atomic E-state index is 0.513. The van der Waals surface area contributed by atoms with E-state index < -0.39 is 0 Å². The van der Waals surface area contributed by atoms with Crippen molar-refractivity contribution in [2.75, 3.05) is 6.54 Å². The van der Waals surface area contributed by atoms with E-state index in [0.717, 1.165) is 16.5 Å². The van der Waals surface area contributed by atoms with Gasteiger partial charge in [-0.15, -0.1) is 0 Å². The SMILES string of the molecule is N#CCCNCc1ccc(Cl)c2cccnc12. The van der Waals surface area contributed by atoms with Crippen molar-refractivity contribution in [3.8, 4) is 6.07 Å². The van der Waals surface area contributed by atoms with E-state index in [2.05, 4.69) is 16.4 Å². The highest BCUT2D eigenvalue weighted by Crippen LogP contribution is 2.24. The van der Waals surface area contributed by atoms with Gasteiger partial charge in [0.05, 0.1) is 11.6 Å². The molecular weight excluding hydrogens is 234 g/mol. The summed E-state index contributed by atoms with van der Waals surface area (Å²) >= 11 is 6.11. The van der Waals surface area contributed by atoms with E-state index in [1.54, 1.807) is 6.20 Å². The third-order valence-electron chi connectivity index (χ3n) is 2.53. The molecule has 0 radical (unpaired) electrons. The molecule has 0 bridgehead atoms. The molecule has 3 nitrogen and oxygen atoms in total. The standard InChI is InChI=1S/C13H12ClN3/c14-12-5-4-10(9-16-7-2-6-15)13-11(12)3-1-8-17-13/h1,3-5,8,16H,2,7,9H2. The number of rotatable bonds is 4. The number of nitriles is 1. The van der Waals surface area contributed by atoms with E-state index in [0.29, 0.717) is 24.5 Å². The second-order valence-electron chi connectivity index (χ2n) is 3.69. The lowest BCUT2D eigenvalue weighted by atomic mass is 10.1. The topological polar surface area (TPSA) is 48.7 Å². The van der Waals surface area contributed by atoms with Crippen molar-refractivity contribution in [1.82, 2.24) is 10.3 Å². The number of hydrogen-bond acceptors (Lipinski definition) is 3. The van der Waals surface area contributed by atoms with Crippen molar-refractivity contribution in [2.45, 2.75) is 13.0 Å². The monoisotopic (exact) mass is 245 g/mol. The molecule has 0 aliphatic rings. The number of halogens is 1. The molecule has 0 fully saturated rings. The van der Waals surface area contributed by atoms with E-state index in [9.17, 15) is 0 Å². The van der Waals surface area contributed by atoms with Crippen LogP contribution in [0.25, 0.3) is 10.9 Å². The van der Waals surface area contributed by atoms with Crippen LogP contribution in [-0.2, 0) is 6.54 Å². The van der Waals surface area contributed by atoms with Crippen LogP contribution in [0.3, 0.4) is 0 Å². The largest absolute Gasteiger partial charge is 0.312 e. The third kappa shape index (κ3) is 2.73. The maximum absolute atomic E-state index is 8.45. The van der Waals surface area contributed by atoms with Crippen LogP contribution < -0.4 is 5.32 Å². The fraction of sp³-hybridized carbons (Fsp3) is 0.231. The first-order valence-electron chi connectivity index (χ1n) is 5.42. The lowest BCUT2D eigenvalue weighted by Gasteiger charge is -2.07. The summed E-state index contributed by atoms with van der Waals surface area (Å²) in [5.74, 6) is 0. The zero-order valence-corrected chi connectivity index (χ0v) is 10.0. The fourth-order valence-electron chi connectivity index (χ4n) is 1.71. The van der Waals surface area contributed by atoms with E-state index >= 15 is 0 Å². The molecule has 17 heavy (non-hydrogen) atoms. The molecule has 4 heteroatoms. The Labute approximate surface area is 105 Å². The number of benzene rings is 1. The van der Waals surface area contributed by atoms with Crippen molar-refractivity contribution in [1.29, 1.82) is 5.26 Å². The van der Waals surface area contributed by atoms with Gasteiger partial charge in [-0.2, -0.15) is 5.26 Å². The van der Waals surface area contributed by atoms with Crippen LogP contribution >= 0.6 is 11.6 Å². The smallest absolute Gasteiger partial charge is 0.0761 e. The zero-order valence-electron chi connectivity index (χ0n) is 9.28. The molecule has 0 aliphatic carbocycles. The lowest BCUT2D eigenvalue weighted by Crippen LogP contribution is -2.14. The summed E-state index contributed by atoms with van der Waals surface area (Å²) in [5.41, 5.74) is 2.02. The van der Waals surface area contributed by atoms with Gasteiger partial charge in [-0.05, 0) is 23.8 Å². The molecule has 0 amide bonds. The molecule has 0 saturated heterocycles. The second kappa shape index (κ2) is 5.62. The molecule has 1 heterocycles. The number of nitrogens with zero attached hydrogens (tertiary/aromatic N) is 2. The first-order valence-corrected chi connectivity index (χ1v) is 5.80. The molecule has 0 aliphatic heterocycles. The Bertz CT molecular complexity index is 560. The van der Waals surface area contributed by atoms with Gasteiger partial charge >= 0.3 is 0 Å². The van der Waals surface area contributed by atoms with Gasteiger partial charge in [-0.1, -0.05) is 17.7 Å². The van der Waals surface area contributed by atoms with Gasteiger partial charge < -0.3 is 5.32 Å². The number of nitrogens with one attached hydrogen (secondary N) is 1. The normalized spacial score (nSPS) is 10.4. The van der Waals surface area contributed by atoms with E-state index in [1.165, 1.54) is 0 Å². The summed E-state index contributed by atoms with van der Waals surface area (Å²) in [6.07, 6.45) is 2.27. The van der Waals surface area contributed by atoms with Crippen LogP contribution in [-0.4, -0.2) is 11.5 Å². The molecule has 0 spiro atoms. The first-order chi connectivity index (χ1) is 8.33. The van der Waals surface area contributed by atoms with Gasteiger partial charge in [-0.3, -0.25) is 4.98 Å². The molecule has 0 saturated carbocycles. The highest BCUT2D eigenvalue weighted by Gasteiger charge is 2.04. The summed E-state index contributed by atoms with van der Waals surface area (Å²) in [4.78, 5) is 4.35. The molecule has 1 aromatic heterocycles.